The first-order valence-electron chi connectivity index (χ1n) is 9.31. The Balaban J connectivity index is 1.47. The zero-order chi connectivity index (χ0) is 18.4. The van der Waals surface area contributed by atoms with Crippen LogP contribution in [0.25, 0.3) is 0 Å². The molecule has 2 heterocycles. The summed E-state index contributed by atoms with van der Waals surface area (Å²) in [5.74, 6) is 1.42. The number of amides is 1. The summed E-state index contributed by atoms with van der Waals surface area (Å²) in [5.41, 5.74) is 2.13. The van der Waals surface area contributed by atoms with Gasteiger partial charge in [-0.3, -0.25) is 15.0 Å². The lowest BCUT2D eigenvalue weighted by molar-refractivity contribution is -0.118. The number of thiazole rings is 1. The highest BCUT2D eigenvalue weighted by atomic mass is 32.1. The summed E-state index contributed by atoms with van der Waals surface area (Å²) in [7, 11) is 0. The predicted molar refractivity (Wildman–Crippen MR) is 106 cm³/mol. The number of ether oxygens (including phenoxy) is 1. The van der Waals surface area contributed by atoms with Crippen LogP contribution in [0.1, 0.15) is 37.9 Å². The van der Waals surface area contributed by atoms with E-state index in [9.17, 15) is 4.79 Å². The molecule has 0 saturated carbocycles. The number of rotatable bonds is 7. The molecule has 0 aliphatic carbocycles. The van der Waals surface area contributed by atoms with Crippen LogP contribution in [0.3, 0.4) is 0 Å². The number of nitrogens with zero attached hydrogens (tertiary/aromatic N) is 2. The van der Waals surface area contributed by atoms with E-state index in [1.165, 1.54) is 24.2 Å². The number of benzene rings is 1. The molecule has 26 heavy (non-hydrogen) atoms. The topological polar surface area (TPSA) is 54.5 Å². The molecule has 6 heteroatoms. The van der Waals surface area contributed by atoms with Crippen LogP contribution >= 0.6 is 11.3 Å². The molecule has 0 spiro atoms. The van der Waals surface area contributed by atoms with E-state index in [0.717, 1.165) is 49.0 Å². The minimum Gasteiger partial charge on any atom is -0.483 e. The number of carbonyl (C=O) groups is 1. The molecule has 1 aromatic carbocycles. The van der Waals surface area contributed by atoms with Crippen LogP contribution in [-0.2, 0) is 17.8 Å². The van der Waals surface area contributed by atoms with E-state index in [2.05, 4.69) is 29.0 Å². The molecule has 0 unspecified atom stereocenters. The number of nitrogens with one attached hydrogen (secondary N) is 1. The first-order chi connectivity index (χ1) is 12.6. The number of carbonyl (C=O) groups excluding carboxylic acids is 1. The Morgan fingerprint density at radius 1 is 1.35 bits per heavy atom. The smallest absolute Gasteiger partial charge is 0.264 e. The van der Waals surface area contributed by atoms with Crippen LogP contribution < -0.4 is 10.1 Å². The highest BCUT2D eigenvalue weighted by molar-refractivity contribution is 7.13. The van der Waals surface area contributed by atoms with Gasteiger partial charge in [-0.15, -0.1) is 11.3 Å². The Kier molecular flexibility index (Phi) is 6.63. The maximum absolute atomic E-state index is 12.1. The standard InChI is InChI=1S/C20H27N3O2S/c1-3-16-6-4-5-7-18(16)25-13-19(24)22-20-21-17(14-26-20)12-23-10-8-15(2)9-11-23/h4-7,14-15H,3,8-13H2,1-2H3,(H,21,22,24). The lowest BCUT2D eigenvalue weighted by Gasteiger charge is -2.29. The average Bonchev–Trinajstić information content (AvgIpc) is 3.09. The third kappa shape index (κ3) is 5.29. The van der Waals surface area contributed by atoms with Gasteiger partial charge in [0.2, 0.25) is 0 Å². The Bertz CT molecular complexity index is 723. The normalized spacial score (nSPS) is 15.8. The second kappa shape index (κ2) is 9.14. The van der Waals surface area contributed by atoms with Gasteiger partial charge in [0.05, 0.1) is 5.69 Å². The van der Waals surface area contributed by atoms with Crippen LogP contribution in [0, 0.1) is 5.92 Å². The SMILES string of the molecule is CCc1ccccc1OCC(=O)Nc1nc(CN2CCC(C)CC2)cs1. The summed E-state index contributed by atoms with van der Waals surface area (Å²) in [4.78, 5) is 19.1. The summed E-state index contributed by atoms with van der Waals surface area (Å²) in [5, 5.41) is 5.51. The third-order valence-electron chi connectivity index (χ3n) is 4.77. The van der Waals surface area contributed by atoms with Crippen molar-refractivity contribution < 1.29 is 9.53 Å². The second-order valence-electron chi connectivity index (χ2n) is 6.90. The number of likely N-dealkylation sites (tertiary alicyclic amines) is 1. The Hall–Kier alpha value is -1.92. The van der Waals surface area contributed by atoms with Crippen molar-refractivity contribution in [2.24, 2.45) is 5.92 Å². The highest BCUT2D eigenvalue weighted by Gasteiger charge is 2.17. The molecular weight excluding hydrogens is 346 g/mol. The molecule has 3 rings (SSSR count). The molecule has 140 valence electrons. The summed E-state index contributed by atoms with van der Waals surface area (Å²) >= 11 is 1.47. The summed E-state index contributed by atoms with van der Waals surface area (Å²) in [6.45, 7) is 7.50. The van der Waals surface area contributed by atoms with E-state index in [1.54, 1.807) is 0 Å². The van der Waals surface area contributed by atoms with Crippen molar-refractivity contribution in [2.75, 3.05) is 25.0 Å². The fourth-order valence-electron chi connectivity index (χ4n) is 3.12. The molecule has 1 saturated heterocycles. The summed E-state index contributed by atoms with van der Waals surface area (Å²) < 4.78 is 5.66. The number of anilines is 1. The van der Waals surface area contributed by atoms with Crippen molar-refractivity contribution in [2.45, 2.75) is 39.7 Å². The number of aromatic nitrogens is 1. The molecule has 1 aliphatic heterocycles. The van der Waals surface area contributed by atoms with Gasteiger partial charge in [-0.1, -0.05) is 32.0 Å². The van der Waals surface area contributed by atoms with Gasteiger partial charge < -0.3 is 4.74 Å². The molecule has 0 atom stereocenters. The molecule has 1 aliphatic rings. The van der Waals surface area contributed by atoms with Gasteiger partial charge in [0.1, 0.15) is 5.75 Å². The van der Waals surface area contributed by atoms with Crippen molar-refractivity contribution in [1.82, 2.24) is 9.88 Å². The van der Waals surface area contributed by atoms with E-state index in [1.807, 2.05) is 29.6 Å². The first kappa shape index (κ1) is 18.9. The fourth-order valence-corrected chi connectivity index (χ4v) is 3.84. The van der Waals surface area contributed by atoms with Crippen LogP contribution in [0.4, 0.5) is 5.13 Å². The van der Waals surface area contributed by atoms with Crippen molar-refractivity contribution >= 4 is 22.4 Å². The van der Waals surface area contributed by atoms with Crippen LogP contribution in [0.15, 0.2) is 29.6 Å². The summed E-state index contributed by atoms with van der Waals surface area (Å²) in [6.07, 6.45) is 3.39. The Morgan fingerprint density at radius 2 is 2.12 bits per heavy atom. The van der Waals surface area contributed by atoms with Crippen molar-refractivity contribution in [3.8, 4) is 5.75 Å². The van der Waals surface area contributed by atoms with Crippen molar-refractivity contribution in [1.29, 1.82) is 0 Å². The molecular formula is C20H27N3O2S. The predicted octanol–water partition coefficient (Wildman–Crippen LogP) is 3.95. The average molecular weight is 374 g/mol. The number of piperidine rings is 1. The molecule has 1 N–H and O–H groups in total. The molecule has 0 bridgehead atoms. The van der Waals surface area contributed by atoms with Crippen LogP contribution in [0.2, 0.25) is 0 Å². The Morgan fingerprint density at radius 3 is 2.88 bits per heavy atom. The minimum absolute atomic E-state index is 0.00403. The first-order valence-corrected chi connectivity index (χ1v) is 10.2. The van der Waals surface area contributed by atoms with Crippen LogP contribution in [0.5, 0.6) is 5.75 Å². The van der Waals surface area contributed by atoms with Gasteiger partial charge >= 0.3 is 0 Å². The van der Waals surface area contributed by atoms with Gasteiger partial charge in [0.15, 0.2) is 11.7 Å². The van der Waals surface area contributed by atoms with E-state index in [0.29, 0.717) is 5.13 Å². The van der Waals surface area contributed by atoms with Gasteiger partial charge in [0.25, 0.3) is 5.91 Å². The van der Waals surface area contributed by atoms with Gasteiger partial charge in [0, 0.05) is 11.9 Å². The van der Waals surface area contributed by atoms with Crippen molar-refractivity contribution in [3.05, 3.63) is 40.9 Å². The van der Waals surface area contributed by atoms with Crippen molar-refractivity contribution in [3.63, 3.8) is 0 Å². The molecule has 5 nitrogen and oxygen atoms in total. The minimum atomic E-state index is -0.177. The second-order valence-corrected chi connectivity index (χ2v) is 7.76. The van der Waals surface area contributed by atoms with Gasteiger partial charge in [-0.05, 0) is 49.9 Å². The lowest BCUT2D eigenvalue weighted by Crippen LogP contribution is -2.32. The van der Waals surface area contributed by atoms with Crippen LogP contribution in [-0.4, -0.2) is 35.5 Å². The third-order valence-corrected chi connectivity index (χ3v) is 5.58. The zero-order valence-electron chi connectivity index (χ0n) is 15.5. The van der Waals surface area contributed by atoms with Gasteiger partial charge in [-0.25, -0.2) is 4.98 Å². The lowest BCUT2D eigenvalue weighted by atomic mass is 9.99. The Labute approximate surface area is 159 Å². The molecule has 2 aromatic rings. The largest absolute Gasteiger partial charge is 0.483 e. The quantitative estimate of drug-likeness (QED) is 0.798. The molecule has 1 amide bonds. The van der Waals surface area contributed by atoms with E-state index < -0.39 is 0 Å². The maximum atomic E-state index is 12.1. The maximum Gasteiger partial charge on any atom is 0.264 e. The molecule has 1 fully saturated rings. The number of hydrogen-bond donors (Lipinski definition) is 1. The number of para-hydroxylation sites is 1. The number of aryl methyl sites for hydroxylation is 1. The molecule has 0 radical (unpaired) electrons. The monoisotopic (exact) mass is 373 g/mol. The highest BCUT2D eigenvalue weighted by Crippen LogP contribution is 2.21. The van der Waals surface area contributed by atoms with E-state index >= 15 is 0 Å². The van der Waals surface area contributed by atoms with E-state index in [4.69, 9.17) is 4.74 Å². The van der Waals surface area contributed by atoms with E-state index in [-0.39, 0.29) is 12.5 Å². The molecule has 1 aromatic heterocycles. The zero-order valence-corrected chi connectivity index (χ0v) is 16.3. The fraction of sp³-hybridized carbons (Fsp3) is 0.500. The van der Waals surface area contributed by atoms with Gasteiger partial charge in [-0.2, -0.15) is 0 Å². The summed E-state index contributed by atoms with van der Waals surface area (Å²) in [6, 6.07) is 7.81. The number of hydrogen-bond acceptors (Lipinski definition) is 5.